The molecule has 2 aromatic carbocycles. The Kier molecular flexibility index (Phi) is 4.48. The molecule has 4 aromatic rings. The smallest absolute Gasteiger partial charge is 0.267 e. The van der Waals surface area contributed by atoms with Crippen LogP contribution in [0, 0.1) is 13.8 Å². The molecule has 0 aliphatic rings. The summed E-state index contributed by atoms with van der Waals surface area (Å²) in [6.07, 6.45) is 1.75. The van der Waals surface area contributed by atoms with Crippen molar-refractivity contribution in [1.29, 1.82) is 0 Å². The van der Waals surface area contributed by atoms with Gasteiger partial charge in [0, 0.05) is 23.0 Å². The Morgan fingerprint density at radius 1 is 0.929 bits per heavy atom. The zero-order chi connectivity index (χ0) is 19.7. The van der Waals surface area contributed by atoms with Crippen LogP contribution in [0.2, 0.25) is 0 Å². The van der Waals surface area contributed by atoms with Gasteiger partial charge < -0.3 is 9.84 Å². The summed E-state index contributed by atoms with van der Waals surface area (Å²) < 4.78 is 32.7. The molecule has 0 radical (unpaired) electrons. The van der Waals surface area contributed by atoms with E-state index in [1.807, 2.05) is 30.3 Å². The van der Waals surface area contributed by atoms with Crippen molar-refractivity contribution in [2.45, 2.75) is 18.7 Å². The van der Waals surface area contributed by atoms with Gasteiger partial charge in [-0.2, -0.15) is 0 Å². The van der Waals surface area contributed by atoms with Gasteiger partial charge in [-0.25, -0.2) is 8.42 Å². The van der Waals surface area contributed by atoms with E-state index in [1.54, 1.807) is 44.3 Å². The second kappa shape index (κ2) is 6.97. The van der Waals surface area contributed by atoms with Gasteiger partial charge in [0.05, 0.1) is 11.2 Å². The fourth-order valence-corrected chi connectivity index (χ4v) is 4.44. The molecule has 0 unspecified atom stereocenters. The van der Waals surface area contributed by atoms with E-state index < -0.39 is 10.0 Å². The number of anilines is 3. The van der Waals surface area contributed by atoms with E-state index in [9.17, 15) is 8.42 Å². The highest BCUT2D eigenvalue weighted by molar-refractivity contribution is 7.92. The molecular formula is C20H18N4O3S. The number of aryl methyl sites for hydroxylation is 2. The Morgan fingerprint density at radius 3 is 2.36 bits per heavy atom. The number of aromatic nitrogens is 2. The molecule has 0 aliphatic carbocycles. The Morgan fingerprint density at radius 2 is 1.64 bits per heavy atom. The van der Waals surface area contributed by atoms with Crippen LogP contribution in [0.3, 0.4) is 0 Å². The van der Waals surface area contributed by atoms with Gasteiger partial charge in [0.1, 0.15) is 5.69 Å². The zero-order valence-electron chi connectivity index (χ0n) is 15.3. The molecule has 0 saturated heterocycles. The molecule has 0 fully saturated rings. The maximum atomic E-state index is 12.6. The van der Waals surface area contributed by atoms with Crippen LogP contribution in [0.5, 0.6) is 0 Å². The van der Waals surface area contributed by atoms with E-state index in [0.29, 0.717) is 11.4 Å². The molecule has 0 amide bonds. The summed E-state index contributed by atoms with van der Waals surface area (Å²) >= 11 is 0. The summed E-state index contributed by atoms with van der Waals surface area (Å²) in [6, 6.07) is 16.8. The Hall–Kier alpha value is -3.39. The predicted molar refractivity (Wildman–Crippen MR) is 108 cm³/mol. The van der Waals surface area contributed by atoms with Crippen molar-refractivity contribution < 1.29 is 12.9 Å². The fourth-order valence-electron chi connectivity index (χ4n) is 3.05. The van der Waals surface area contributed by atoms with Crippen LogP contribution in [0.15, 0.2) is 70.2 Å². The molecule has 4 rings (SSSR count). The highest BCUT2D eigenvalue weighted by atomic mass is 32.2. The third-order valence-corrected chi connectivity index (χ3v) is 5.91. The first kappa shape index (κ1) is 18.0. The van der Waals surface area contributed by atoms with E-state index >= 15 is 0 Å². The molecule has 0 saturated carbocycles. The largest absolute Gasteiger partial charge is 0.360 e. The summed E-state index contributed by atoms with van der Waals surface area (Å²) in [5.74, 6) is 0.256. The van der Waals surface area contributed by atoms with E-state index in [0.717, 1.165) is 22.3 Å². The number of rotatable bonds is 5. The fraction of sp³-hybridized carbons (Fsp3) is 0.100. The number of hydrogen-bond acceptors (Lipinski definition) is 6. The quantitative estimate of drug-likeness (QED) is 0.521. The Bertz CT molecular complexity index is 1220. The summed E-state index contributed by atoms with van der Waals surface area (Å²) in [5, 5.41) is 8.06. The van der Waals surface area contributed by atoms with E-state index in [-0.39, 0.29) is 10.7 Å². The van der Waals surface area contributed by atoms with Crippen LogP contribution < -0.4 is 10.0 Å². The predicted octanol–water partition coefficient (Wildman–Crippen LogP) is 4.38. The van der Waals surface area contributed by atoms with Crippen molar-refractivity contribution in [2.75, 3.05) is 10.0 Å². The summed E-state index contributed by atoms with van der Waals surface area (Å²) in [6.45, 7) is 3.16. The molecule has 0 spiro atoms. The SMILES string of the molecule is Cc1noc(C)c1S(=O)(=O)Nc1ccc(Nc2cccc3cccnc23)cc1. The monoisotopic (exact) mass is 394 g/mol. The standard InChI is InChI=1S/C20H18N4O3S/c1-13-20(14(2)27-23-13)28(25,26)24-17-10-8-16(9-11-17)22-18-7-3-5-15-6-4-12-21-19(15)18/h3-12,22,24H,1-2H3. The molecule has 8 heteroatoms. The number of pyridine rings is 1. The second-order valence-corrected chi connectivity index (χ2v) is 7.96. The minimum Gasteiger partial charge on any atom is -0.360 e. The lowest BCUT2D eigenvalue weighted by atomic mass is 10.2. The Labute approximate surface area is 162 Å². The van der Waals surface area contributed by atoms with Crippen LogP contribution in [-0.2, 0) is 10.0 Å². The van der Waals surface area contributed by atoms with Crippen molar-refractivity contribution in [1.82, 2.24) is 10.1 Å². The number of fused-ring (bicyclic) bond motifs is 1. The number of nitrogens with zero attached hydrogens (tertiary/aromatic N) is 2. The molecule has 2 N–H and O–H groups in total. The summed E-state index contributed by atoms with van der Waals surface area (Å²) in [4.78, 5) is 4.49. The Balaban J connectivity index is 1.56. The number of benzene rings is 2. The minimum atomic E-state index is -3.77. The molecule has 28 heavy (non-hydrogen) atoms. The number of hydrogen-bond donors (Lipinski definition) is 2. The first-order valence-corrected chi connectivity index (χ1v) is 10.1. The van der Waals surface area contributed by atoms with Gasteiger partial charge in [-0.3, -0.25) is 9.71 Å². The van der Waals surface area contributed by atoms with Gasteiger partial charge in [0.25, 0.3) is 10.0 Å². The lowest BCUT2D eigenvalue weighted by molar-refractivity contribution is 0.390. The molecular weight excluding hydrogens is 376 g/mol. The average Bonchev–Trinajstić information content (AvgIpc) is 3.02. The average molecular weight is 394 g/mol. The van der Waals surface area contributed by atoms with Crippen molar-refractivity contribution >= 4 is 38.0 Å². The first-order valence-electron chi connectivity index (χ1n) is 8.60. The molecule has 2 aromatic heterocycles. The lowest BCUT2D eigenvalue weighted by Gasteiger charge is -2.11. The second-order valence-electron chi connectivity index (χ2n) is 6.34. The van der Waals surface area contributed by atoms with Crippen LogP contribution in [0.4, 0.5) is 17.1 Å². The topological polar surface area (TPSA) is 97.1 Å². The molecule has 2 heterocycles. The van der Waals surface area contributed by atoms with Gasteiger partial charge in [0.15, 0.2) is 10.7 Å². The first-order chi connectivity index (χ1) is 13.4. The van der Waals surface area contributed by atoms with Gasteiger partial charge in [-0.15, -0.1) is 0 Å². The van der Waals surface area contributed by atoms with Crippen LogP contribution in [0.1, 0.15) is 11.5 Å². The van der Waals surface area contributed by atoms with Crippen LogP contribution in [-0.4, -0.2) is 18.6 Å². The molecule has 0 aliphatic heterocycles. The summed E-state index contributed by atoms with van der Waals surface area (Å²) in [5.41, 5.74) is 3.34. The highest BCUT2D eigenvalue weighted by Gasteiger charge is 2.24. The van der Waals surface area contributed by atoms with Gasteiger partial charge in [-0.05, 0) is 50.2 Å². The number of nitrogens with one attached hydrogen (secondary N) is 2. The molecule has 7 nitrogen and oxygen atoms in total. The van der Waals surface area contributed by atoms with E-state index in [2.05, 4.69) is 20.2 Å². The number of para-hydroxylation sites is 1. The van der Waals surface area contributed by atoms with E-state index in [4.69, 9.17) is 4.52 Å². The normalized spacial score (nSPS) is 11.5. The van der Waals surface area contributed by atoms with Crippen LogP contribution >= 0.6 is 0 Å². The van der Waals surface area contributed by atoms with E-state index in [1.165, 1.54) is 0 Å². The third kappa shape index (κ3) is 3.41. The summed E-state index contributed by atoms with van der Waals surface area (Å²) in [7, 11) is -3.77. The van der Waals surface area contributed by atoms with Crippen molar-refractivity contribution in [3.63, 3.8) is 0 Å². The van der Waals surface area contributed by atoms with Gasteiger partial charge >= 0.3 is 0 Å². The van der Waals surface area contributed by atoms with Crippen LogP contribution in [0.25, 0.3) is 10.9 Å². The maximum Gasteiger partial charge on any atom is 0.267 e. The zero-order valence-corrected chi connectivity index (χ0v) is 16.1. The number of sulfonamides is 1. The molecule has 0 bridgehead atoms. The molecule has 0 atom stereocenters. The highest BCUT2D eigenvalue weighted by Crippen LogP contribution is 2.27. The lowest BCUT2D eigenvalue weighted by Crippen LogP contribution is -2.14. The van der Waals surface area contributed by atoms with Gasteiger partial charge in [0.2, 0.25) is 0 Å². The third-order valence-electron chi connectivity index (χ3n) is 4.29. The van der Waals surface area contributed by atoms with Crippen molar-refractivity contribution in [2.24, 2.45) is 0 Å². The van der Waals surface area contributed by atoms with Gasteiger partial charge in [-0.1, -0.05) is 23.4 Å². The maximum absolute atomic E-state index is 12.6. The minimum absolute atomic E-state index is 0.0662. The van der Waals surface area contributed by atoms with Crippen molar-refractivity contribution in [3.8, 4) is 0 Å². The van der Waals surface area contributed by atoms with Crippen molar-refractivity contribution in [3.05, 3.63) is 72.2 Å². The molecule has 142 valence electrons.